The van der Waals surface area contributed by atoms with Gasteiger partial charge in [0, 0.05) is 18.6 Å². The molecule has 0 aromatic carbocycles. The fourth-order valence-electron chi connectivity index (χ4n) is 2.29. The third-order valence-electron chi connectivity index (χ3n) is 3.22. The number of hydrogen-bond donors (Lipinski definition) is 1. The van der Waals surface area contributed by atoms with Gasteiger partial charge in [0.25, 0.3) is 0 Å². The molecule has 2 atom stereocenters. The molecule has 0 saturated heterocycles. The van der Waals surface area contributed by atoms with E-state index in [-0.39, 0.29) is 5.41 Å². The molecule has 2 unspecified atom stereocenters. The minimum absolute atomic E-state index is 0.259. The molecule has 92 valence electrons. The highest BCUT2D eigenvalue weighted by Crippen LogP contribution is 2.25. The van der Waals surface area contributed by atoms with Crippen LogP contribution >= 0.6 is 0 Å². The third-order valence-corrected chi connectivity index (χ3v) is 3.22. The number of nitrogens with zero attached hydrogens (tertiary/aromatic N) is 1. The Hall–Kier alpha value is -0.0800. The van der Waals surface area contributed by atoms with Crippen LogP contribution in [0.15, 0.2) is 0 Å². The summed E-state index contributed by atoms with van der Waals surface area (Å²) in [5, 5.41) is 0. The van der Waals surface area contributed by atoms with Crippen molar-refractivity contribution in [2.45, 2.75) is 60.0 Å². The Balaban J connectivity index is 4.44. The van der Waals surface area contributed by atoms with Gasteiger partial charge in [0.05, 0.1) is 0 Å². The van der Waals surface area contributed by atoms with E-state index >= 15 is 0 Å². The molecule has 0 spiro atoms. The molecule has 0 bridgehead atoms. The molecule has 0 aliphatic carbocycles. The van der Waals surface area contributed by atoms with Gasteiger partial charge in [-0.1, -0.05) is 34.6 Å². The van der Waals surface area contributed by atoms with Gasteiger partial charge in [-0.3, -0.25) is 4.90 Å². The van der Waals surface area contributed by atoms with Crippen molar-refractivity contribution in [2.24, 2.45) is 17.1 Å². The van der Waals surface area contributed by atoms with Crippen LogP contribution in [0, 0.1) is 11.3 Å². The van der Waals surface area contributed by atoms with Crippen molar-refractivity contribution in [2.75, 3.05) is 13.6 Å². The van der Waals surface area contributed by atoms with E-state index in [1.807, 2.05) is 0 Å². The predicted octanol–water partition coefficient (Wildman–Crippen LogP) is 2.73. The Labute approximate surface area is 96.2 Å². The molecule has 2 nitrogen and oxygen atoms in total. The van der Waals surface area contributed by atoms with E-state index in [0.29, 0.717) is 12.1 Å². The molecule has 15 heavy (non-hydrogen) atoms. The summed E-state index contributed by atoms with van der Waals surface area (Å²) >= 11 is 0. The molecule has 0 aromatic rings. The number of rotatable bonds is 5. The van der Waals surface area contributed by atoms with E-state index < -0.39 is 0 Å². The number of hydrogen-bond acceptors (Lipinski definition) is 2. The molecule has 0 radical (unpaired) electrons. The van der Waals surface area contributed by atoms with Crippen LogP contribution in [0.4, 0.5) is 0 Å². The molecule has 0 fully saturated rings. The molecule has 0 saturated carbocycles. The summed E-state index contributed by atoms with van der Waals surface area (Å²) in [5.74, 6) is 0.751. The van der Waals surface area contributed by atoms with Crippen molar-refractivity contribution in [1.29, 1.82) is 0 Å². The van der Waals surface area contributed by atoms with Crippen LogP contribution in [-0.2, 0) is 0 Å². The first-order valence-corrected chi connectivity index (χ1v) is 6.12. The summed E-state index contributed by atoms with van der Waals surface area (Å²) in [6.45, 7) is 14.4. The van der Waals surface area contributed by atoms with Gasteiger partial charge < -0.3 is 5.73 Å². The molecule has 2 heteroatoms. The van der Waals surface area contributed by atoms with E-state index in [1.165, 1.54) is 6.42 Å². The Morgan fingerprint density at radius 2 is 1.60 bits per heavy atom. The van der Waals surface area contributed by atoms with Crippen LogP contribution in [0.5, 0.6) is 0 Å². The largest absolute Gasteiger partial charge is 0.329 e. The molecule has 0 aromatic heterocycles. The van der Waals surface area contributed by atoms with Gasteiger partial charge in [0.1, 0.15) is 0 Å². The quantitative estimate of drug-likeness (QED) is 0.762. The van der Waals surface area contributed by atoms with Gasteiger partial charge >= 0.3 is 0 Å². The second-order valence-electron chi connectivity index (χ2n) is 6.26. The first kappa shape index (κ1) is 14.9. The average molecular weight is 214 g/mol. The minimum atomic E-state index is 0.259. The summed E-state index contributed by atoms with van der Waals surface area (Å²) in [5.41, 5.74) is 6.15. The van der Waals surface area contributed by atoms with Crippen molar-refractivity contribution in [3.8, 4) is 0 Å². The summed E-state index contributed by atoms with van der Waals surface area (Å²) < 4.78 is 0. The van der Waals surface area contributed by atoms with Crippen molar-refractivity contribution in [3.05, 3.63) is 0 Å². The summed E-state index contributed by atoms with van der Waals surface area (Å²) in [6.07, 6.45) is 1.24. The average Bonchev–Trinajstić information content (AvgIpc) is 2.01. The zero-order chi connectivity index (χ0) is 12.2. The van der Waals surface area contributed by atoms with E-state index in [2.05, 4.69) is 53.5 Å². The minimum Gasteiger partial charge on any atom is -0.329 e. The van der Waals surface area contributed by atoms with Crippen molar-refractivity contribution >= 4 is 0 Å². The lowest BCUT2D eigenvalue weighted by Gasteiger charge is -2.41. The molecule has 0 aliphatic heterocycles. The third kappa shape index (κ3) is 4.98. The van der Waals surface area contributed by atoms with E-state index in [9.17, 15) is 0 Å². The van der Waals surface area contributed by atoms with Gasteiger partial charge in [-0.2, -0.15) is 0 Å². The smallest absolute Gasteiger partial charge is 0.0266 e. The lowest BCUT2D eigenvalue weighted by atomic mass is 9.84. The highest BCUT2D eigenvalue weighted by Gasteiger charge is 2.29. The number of likely N-dealkylation sites (N-methyl/N-ethyl adjacent to an activating group) is 1. The van der Waals surface area contributed by atoms with Crippen molar-refractivity contribution in [3.63, 3.8) is 0 Å². The second-order valence-corrected chi connectivity index (χ2v) is 6.26. The van der Waals surface area contributed by atoms with Crippen molar-refractivity contribution in [1.82, 2.24) is 4.90 Å². The molecular formula is C13H30N2. The second kappa shape index (κ2) is 5.86. The Morgan fingerprint density at radius 3 is 1.87 bits per heavy atom. The maximum absolute atomic E-state index is 5.89. The summed E-state index contributed by atoms with van der Waals surface area (Å²) in [6, 6.07) is 1.07. The highest BCUT2D eigenvalue weighted by atomic mass is 15.2. The molecule has 0 aliphatic rings. The maximum Gasteiger partial charge on any atom is 0.0266 e. The predicted molar refractivity (Wildman–Crippen MR) is 69.0 cm³/mol. The molecular weight excluding hydrogens is 184 g/mol. The SMILES string of the molecule is CC(C)CC(C)N(C)C(CN)C(C)(C)C. The zero-order valence-electron chi connectivity index (χ0n) is 11.7. The number of nitrogens with two attached hydrogens (primary N) is 1. The Bertz CT molecular complexity index is 170. The fraction of sp³-hybridized carbons (Fsp3) is 1.00. The van der Waals surface area contributed by atoms with Crippen LogP contribution in [0.2, 0.25) is 0 Å². The van der Waals surface area contributed by atoms with Gasteiger partial charge in [0.2, 0.25) is 0 Å². The first-order valence-electron chi connectivity index (χ1n) is 6.12. The van der Waals surface area contributed by atoms with Gasteiger partial charge in [-0.15, -0.1) is 0 Å². The maximum atomic E-state index is 5.89. The molecule has 0 amide bonds. The Morgan fingerprint density at radius 1 is 1.13 bits per heavy atom. The molecule has 2 N–H and O–H groups in total. The first-order chi connectivity index (χ1) is 6.70. The standard InChI is InChI=1S/C13H30N2/c1-10(2)8-11(3)15(7)12(9-14)13(4,5)6/h10-12H,8-9,14H2,1-7H3. The van der Waals surface area contributed by atoms with E-state index in [4.69, 9.17) is 5.73 Å². The Kier molecular flexibility index (Phi) is 5.82. The van der Waals surface area contributed by atoms with Crippen LogP contribution in [0.25, 0.3) is 0 Å². The highest BCUT2D eigenvalue weighted by molar-refractivity contribution is 4.85. The molecule has 0 rings (SSSR count). The van der Waals surface area contributed by atoms with Crippen LogP contribution in [-0.4, -0.2) is 30.6 Å². The monoisotopic (exact) mass is 214 g/mol. The lowest BCUT2D eigenvalue weighted by molar-refractivity contribution is 0.0873. The lowest BCUT2D eigenvalue weighted by Crippen LogP contribution is -2.50. The van der Waals surface area contributed by atoms with Crippen LogP contribution in [0.1, 0.15) is 48.0 Å². The van der Waals surface area contributed by atoms with Crippen LogP contribution < -0.4 is 5.73 Å². The van der Waals surface area contributed by atoms with E-state index in [1.54, 1.807) is 0 Å². The van der Waals surface area contributed by atoms with Gasteiger partial charge in [0.15, 0.2) is 0 Å². The van der Waals surface area contributed by atoms with Crippen molar-refractivity contribution < 1.29 is 0 Å². The summed E-state index contributed by atoms with van der Waals surface area (Å²) in [4.78, 5) is 2.44. The fourth-order valence-corrected chi connectivity index (χ4v) is 2.29. The normalized spacial score (nSPS) is 17.2. The van der Waals surface area contributed by atoms with Gasteiger partial charge in [-0.25, -0.2) is 0 Å². The molecule has 0 heterocycles. The topological polar surface area (TPSA) is 29.3 Å². The van der Waals surface area contributed by atoms with E-state index in [0.717, 1.165) is 12.5 Å². The van der Waals surface area contributed by atoms with Crippen LogP contribution in [0.3, 0.4) is 0 Å². The summed E-state index contributed by atoms with van der Waals surface area (Å²) in [7, 11) is 2.20. The van der Waals surface area contributed by atoms with Gasteiger partial charge in [-0.05, 0) is 31.7 Å². The zero-order valence-corrected chi connectivity index (χ0v) is 11.7.